The third kappa shape index (κ3) is 5.86. The van der Waals surface area contributed by atoms with Crippen LogP contribution in [0.25, 0.3) is 0 Å². The number of aliphatic hydroxyl groups excluding tert-OH is 1. The molecular weight excluding hydrogens is 264 g/mol. The summed E-state index contributed by atoms with van der Waals surface area (Å²) in [6.45, 7) is 9.15. The smallest absolute Gasteiger partial charge is 0.236 e. The minimum atomic E-state index is -0.604. The van der Waals surface area contributed by atoms with E-state index in [4.69, 9.17) is 0 Å². The molecule has 1 amide bonds. The molecule has 4 heteroatoms. The molecule has 0 saturated carbocycles. The molecule has 0 bridgehead atoms. The normalized spacial score (nSPS) is 14.0. The van der Waals surface area contributed by atoms with Gasteiger partial charge in [-0.3, -0.25) is 4.79 Å². The molecule has 1 rings (SSSR count). The zero-order valence-electron chi connectivity index (χ0n) is 13.5. The topological polar surface area (TPSA) is 61.4 Å². The minimum Gasteiger partial charge on any atom is -0.387 e. The predicted molar refractivity (Wildman–Crippen MR) is 86.3 cm³/mol. The van der Waals surface area contributed by atoms with Crippen molar-refractivity contribution in [1.29, 1.82) is 0 Å². The molecule has 1 aromatic carbocycles. The van der Waals surface area contributed by atoms with Crippen molar-refractivity contribution in [3.8, 4) is 0 Å². The van der Waals surface area contributed by atoms with Crippen molar-refractivity contribution in [3.63, 3.8) is 0 Å². The Morgan fingerprint density at radius 1 is 1.14 bits per heavy atom. The molecule has 0 radical (unpaired) electrons. The number of carbonyl (C=O) groups is 1. The van der Waals surface area contributed by atoms with Crippen LogP contribution in [0, 0.1) is 0 Å². The Bertz CT molecular complexity index is 429. The molecule has 0 saturated heterocycles. The highest BCUT2D eigenvalue weighted by Crippen LogP contribution is 2.18. The third-order valence-corrected chi connectivity index (χ3v) is 3.55. The van der Waals surface area contributed by atoms with Gasteiger partial charge in [0, 0.05) is 13.1 Å². The average molecular weight is 292 g/mol. The molecule has 3 N–H and O–H groups in total. The van der Waals surface area contributed by atoms with Crippen LogP contribution in [-0.4, -0.2) is 30.1 Å². The first-order valence-electron chi connectivity index (χ1n) is 7.74. The molecule has 0 aromatic heterocycles. The van der Waals surface area contributed by atoms with Crippen molar-refractivity contribution in [2.24, 2.45) is 0 Å². The number of rotatable bonds is 8. The Hall–Kier alpha value is -1.39. The van der Waals surface area contributed by atoms with E-state index in [-0.39, 0.29) is 11.9 Å². The summed E-state index contributed by atoms with van der Waals surface area (Å²) >= 11 is 0. The quantitative estimate of drug-likeness (QED) is 0.689. The Balaban J connectivity index is 2.45. The van der Waals surface area contributed by atoms with Gasteiger partial charge in [-0.05, 0) is 30.4 Å². The maximum Gasteiger partial charge on any atom is 0.236 e. The van der Waals surface area contributed by atoms with Gasteiger partial charge in [0.1, 0.15) is 0 Å². The number of carbonyl (C=O) groups excluding carboxylic acids is 1. The summed E-state index contributed by atoms with van der Waals surface area (Å²) in [5.74, 6) is 0.454. The van der Waals surface area contributed by atoms with Crippen molar-refractivity contribution in [3.05, 3.63) is 35.4 Å². The Kier molecular flexibility index (Phi) is 7.40. The highest BCUT2D eigenvalue weighted by molar-refractivity contribution is 5.81. The van der Waals surface area contributed by atoms with E-state index < -0.39 is 6.10 Å². The highest BCUT2D eigenvalue weighted by Gasteiger charge is 2.14. The second-order valence-electron chi connectivity index (χ2n) is 5.76. The van der Waals surface area contributed by atoms with Crippen LogP contribution in [-0.2, 0) is 4.79 Å². The zero-order chi connectivity index (χ0) is 15.8. The molecule has 0 aliphatic heterocycles. The van der Waals surface area contributed by atoms with Crippen LogP contribution in [0.3, 0.4) is 0 Å². The summed E-state index contributed by atoms with van der Waals surface area (Å²) in [7, 11) is 0. The van der Waals surface area contributed by atoms with Crippen LogP contribution in [0.1, 0.15) is 57.3 Å². The van der Waals surface area contributed by atoms with E-state index in [2.05, 4.69) is 24.5 Å². The summed E-state index contributed by atoms with van der Waals surface area (Å²) in [4.78, 5) is 11.7. The van der Waals surface area contributed by atoms with Crippen LogP contribution in [0.4, 0.5) is 0 Å². The molecule has 1 aromatic rings. The van der Waals surface area contributed by atoms with E-state index in [1.54, 1.807) is 6.92 Å². The molecule has 0 fully saturated rings. The van der Waals surface area contributed by atoms with Gasteiger partial charge in [-0.25, -0.2) is 0 Å². The largest absolute Gasteiger partial charge is 0.387 e. The lowest BCUT2D eigenvalue weighted by atomic mass is 10.00. The third-order valence-electron chi connectivity index (χ3n) is 3.55. The number of hydrogen-bond acceptors (Lipinski definition) is 3. The molecule has 4 nitrogen and oxygen atoms in total. The van der Waals surface area contributed by atoms with E-state index in [0.29, 0.717) is 19.0 Å². The molecule has 0 aliphatic carbocycles. The molecule has 2 atom stereocenters. The van der Waals surface area contributed by atoms with Crippen LogP contribution < -0.4 is 10.6 Å². The molecule has 2 unspecified atom stereocenters. The van der Waals surface area contributed by atoms with Crippen molar-refractivity contribution in [2.45, 2.75) is 52.2 Å². The van der Waals surface area contributed by atoms with Crippen LogP contribution in [0.5, 0.6) is 0 Å². The van der Waals surface area contributed by atoms with Gasteiger partial charge < -0.3 is 15.7 Å². The van der Waals surface area contributed by atoms with Crippen molar-refractivity contribution in [1.82, 2.24) is 10.6 Å². The standard InChI is InChI=1S/C17H28N2O2/c1-5-10-18-17(21)13(4)19-11-16(20)15-8-6-14(7-9-15)12(2)3/h6-9,12-13,16,19-20H,5,10-11H2,1-4H3,(H,18,21). The number of hydrogen-bond donors (Lipinski definition) is 3. The summed E-state index contributed by atoms with van der Waals surface area (Å²) < 4.78 is 0. The van der Waals surface area contributed by atoms with Gasteiger partial charge in [-0.15, -0.1) is 0 Å². The first kappa shape index (κ1) is 17.7. The van der Waals surface area contributed by atoms with Crippen LogP contribution in [0.2, 0.25) is 0 Å². The SMILES string of the molecule is CCCNC(=O)C(C)NCC(O)c1ccc(C(C)C)cc1. The Morgan fingerprint density at radius 3 is 2.24 bits per heavy atom. The second-order valence-corrected chi connectivity index (χ2v) is 5.76. The fourth-order valence-electron chi connectivity index (χ4n) is 2.00. The van der Waals surface area contributed by atoms with Gasteiger partial charge in [0.25, 0.3) is 0 Å². The van der Waals surface area contributed by atoms with Gasteiger partial charge in [0.05, 0.1) is 12.1 Å². The minimum absolute atomic E-state index is 0.0285. The van der Waals surface area contributed by atoms with E-state index in [1.807, 2.05) is 31.2 Å². The van der Waals surface area contributed by atoms with E-state index >= 15 is 0 Å². The molecular formula is C17H28N2O2. The first-order chi connectivity index (χ1) is 9.95. The number of nitrogens with one attached hydrogen (secondary N) is 2. The molecule has 118 valence electrons. The van der Waals surface area contributed by atoms with Gasteiger partial charge in [-0.2, -0.15) is 0 Å². The fourth-order valence-corrected chi connectivity index (χ4v) is 2.00. The Labute approximate surface area is 128 Å². The van der Waals surface area contributed by atoms with Gasteiger partial charge in [0.15, 0.2) is 0 Å². The van der Waals surface area contributed by atoms with Gasteiger partial charge in [0.2, 0.25) is 5.91 Å². The number of amides is 1. The van der Waals surface area contributed by atoms with Crippen LogP contribution >= 0.6 is 0 Å². The Morgan fingerprint density at radius 2 is 1.71 bits per heavy atom. The van der Waals surface area contributed by atoms with Crippen molar-refractivity contribution in [2.75, 3.05) is 13.1 Å². The lowest BCUT2D eigenvalue weighted by molar-refractivity contribution is -0.122. The van der Waals surface area contributed by atoms with E-state index in [1.165, 1.54) is 5.56 Å². The van der Waals surface area contributed by atoms with Crippen LogP contribution in [0.15, 0.2) is 24.3 Å². The maximum atomic E-state index is 11.7. The molecule has 0 aliphatic rings. The maximum absolute atomic E-state index is 11.7. The summed E-state index contributed by atoms with van der Waals surface area (Å²) in [5.41, 5.74) is 2.12. The lowest BCUT2D eigenvalue weighted by Crippen LogP contribution is -2.43. The highest BCUT2D eigenvalue weighted by atomic mass is 16.3. The first-order valence-corrected chi connectivity index (χ1v) is 7.74. The lowest BCUT2D eigenvalue weighted by Gasteiger charge is -2.17. The van der Waals surface area contributed by atoms with Crippen molar-refractivity contribution >= 4 is 5.91 Å². The molecule has 0 spiro atoms. The average Bonchev–Trinajstić information content (AvgIpc) is 2.49. The molecule has 21 heavy (non-hydrogen) atoms. The molecule has 0 heterocycles. The monoisotopic (exact) mass is 292 g/mol. The van der Waals surface area contributed by atoms with Gasteiger partial charge in [-0.1, -0.05) is 45.0 Å². The summed E-state index contributed by atoms with van der Waals surface area (Å²) in [6.07, 6.45) is 0.316. The van der Waals surface area contributed by atoms with Crippen molar-refractivity contribution < 1.29 is 9.90 Å². The zero-order valence-corrected chi connectivity index (χ0v) is 13.5. The second kappa shape index (κ2) is 8.80. The number of aliphatic hydroxyl groups is 1. The van der Waals surface area contributed by atoms with E-state index in [9.17, 15) is 9.90 Å². The van der Waals surface area contributed by atoms with E-state index in [0.717, 1.165) is 12.0 Å². The summed E-state index contributed by atoms with van der Waals surface area (Å²) in [6, 6.07) is 7.68. The summed E-state index contributed by atoms with van der Waals surface area (Å²) in [5, 5.41) is 16.1. The predicted octanol–water partition coefficient (Wildman–Crippen LogP) is 2.35. The number of benzene rings is 1. The van der Waals surface area contributed by atoms with Gasteiger partial charge >= 0.3 is 0 Å². The fraction of sp³-hybridized carbons (Fsp3) is 0.588.